The lowest BCUT2D eigenvalue weighted by molar-refractivity contribution is -0.132. The van der Waals surface area contributed by atoms with Crippen LogP contribution in [-0.4, -0.2) is 48.4 Å². The predicted octanol–water partition coefficient (Wildman–Crippen LogP) is 6.51. The van der Waals surface area contributed by atoms with Crippen LogP contribution in [0.15, 0.2) is 91.0 Å². The highest BCUT2D eigenvalue weighted by Gasteiger charge is 2.27. The van der Waals surface area contributed by atoms with Gasteiger partial charge in [-0.1, -0.05) is 97.4 Å². The fourth-order valence-corrected chi connectivity index (χ4v) is 6.11. The van der Waals surface area contributed by atoms with E-state index in [1.165, 1.54) is 52.3 Å². The minimum atomic E-state index is 0.253. The number of piperazine rings is 1. The maximum Gasteiger partial charge on any atom is 0.227 e. The molecule has 1 heterocycles. The maximum atomic E-state index is 12.9. The Morgan fingerprint density at radius 1 is 0.694 bits per heavy atom. The van der Waals surface area contributed by atoms with Gasteiger partial charge in [0.2, 0.25) is 5.91 Å². The van der Waals surface area contributed by atoms with Gasteiger partial charge in [-0.3, -0.25) is 9.69 Å². The molecule has 36 heavy (non-hydrogen) atoms. The quantitative estimate of drug-likeness (QED) is 0.285. The van der Waals surface area contributed by atoms with E-state index in [0.29, 0.717) is 12.3 Å². The number of carbonyl (C=O) groups is 1. The normalized spacial score (nSPS) is 15.7. The van der Waals surface area contributed by atoms with Crippen LogP contribution in [0.4, 0.5) is 0 Å². The molecule has 0 aromatic heterocycles. The van der Waals surface area contributed by atoms with E-state index in [2.05, 4.69) is 101 Å². The molecule has 0 spiro atoms. The van der Waals surface area contributed by atoms with Crippen molar-refractivity contribution in [3.05, 3.63) is 108 Å². The summed E-state index contributed by atoms with van der Waals surface area (Å²) >= 11 is 0. The maximum absolute atomic E-state index is 12.9. The van der Waals surface area contributed by atoms with E-state index in [-0.39, 0.29) is 5.91 Å². The van der Waals surface area contributed by atoms with E-state index in [0.717, 1.165) is 38.3 Å². The summed E-state index contributed by atoms with van der Waals surface area (Å²) in [5.41, 5.74) is 6.94. The standard InChI is InChI=1S/C33H34N2O/c36-33(24-25-16-17-26-9-1-2-10-27(26)23-25)35-21-19-34(20-22-35)18-8-7-15-32-30-13-5-3-11-28(30)29-12-4-6-14-31(29)32/h1-6,9-14,16-17,23,32H,7-8,15,18-22,24H2. The third-order valence-corrected chi connectivity index (χ3v) is 8.07. The second-order valence-corrected chi connectivity index (χ2v) is 10.3. The van der Waals surface area contributed by atoms with Gasteiger partial charge >= 0.3 is 0 Å². The van der Waals surface area contributed by atoms with Crippen LogP contribution in [0, 0.1) is 0 Å². The molecule has 182 valence electrons. The molecule has 1 fully saturated rings. The molecule has 1 aliphatic heterocycles. The molecular formula is C33H34N2O. The number of benzene rings is 4. The van der Waals surface area contributed by atoms with E-state index in [9.17, 15) is 4.79 Å². The molecule has 2 aliphatic rings. The fraction of sp³-hybridized carbons (Fsp3) is 0.303. The lowest BCUT2D eigenvalue weighted by Crippen LogP contribution is -2.49. The third kappa shape index (κ3) is 4.68. The second-order valence-electron chi connectivity index (χ2n) is 10.3. The van der Waals surface area contributed by atoms with E-state index >= 15 is 0 Å². The highest BCUT2D eigenvalue weighted by molar-refractivity contribution is 5.85. The molecule has 3 nitrogen and oxygen atoms in total. The number of hydrogen-bond donors (Lipinski definition) is 0. The first-order valence-electron chi connectivity index (χ1n) is 13.4. The van der Waals surface area contributed by atoms with Crippen LogP contribution < -0.4 is 0 Å². The van der Waals surface area contributed by atoms with Crippen molar-refractivity contribution in [3.8, 4) is 11.1 Å². The van der Waals surface area contributed by atoms with Crippen molar-refractivity contribution in [2.75, 3.05) is 32.7 Å². The predicted molar refractivity (Wildman–Crippen MR) is 148 cm³/mol. The molecule has 3 heteroatoms. The van der Waals surface area contributed by atoms with Gasteiger partial charge in [-0.25, -0.2) is 0 Å². The molecule has 0 N–H and O–H groups in total. The van der Waals surface area contributed by atoms with Gasteiger partial charge in [0, 0.05) is 32.1 Å². The Hall–Kier alpha value is -3.43. The molecule has 1 amide bonds. The first-order chi connectivity index (χ1) is 17.8. The Bertz CT molecular complexity index is 1320. The molecule has 0 unspecified atom stereocenters. The number of unbranched alkanes of at least 4 members (excludes halogenated alkanes) is 1. The zero-order valence-electron chi connectivity index (χ0n) is 20.9. The molecule has 1 aliphatic carbocycles. The summed E-state index contributed by atoms with van der Waals surface area (Å²) < 4.78 is 0. The van der Waals surface area contributed by atoms with Gasteiger partial charge in [0.25, 0.3) is 0 Å². The Morgan fingerprint density at radius 3 is 2.06 bits per heavy atom. The first kappa shape index (κ1) is 23.0. The number of carbonyl (C=O) groups excluding carboxylic acids is 1. The van der Waals surface area contributed by atoms with Crippen molar-refractivity contribution < 1.29 is 4.79 Å². The number of hydrogen-bond acceptors (Lipinski definition) is 2. The van der Waals surface area contributed by atoms with Crippen LogP contribution in [0.1, 0.15) is 41.9 Å². The molecule has 0 bridgehead atoms. The van der Waals surface area contributed by atoms with Gasteiger partial charge in [-0.05, 0) is 58.0 Å². The molecule has 6 rings (SSSR count). The molecule has 4 aromatic rings. The zero-order chi connectivity index (χ0) is 24.3. The van der Waals surface area contributed by atoms with Crippen LogP contribution in [0.3, 0.4) is 0 Å². The lowest BCUT2D eigenvalue weighted by atomic mass is 9.91. The van der Waals surface area contributed by atoms with Gasteiger partial charge in [-0.2, -0.15) is 0 Å². The van der Waals surface area contributed by atoms with Gasteiger partial charge in [0.1, 0.15) is 0 Å². The number of amides is 1. The van der Waals surface area contributed by atoms with Crippen LogP contribution in [0.5, 0.6) is 0 Å². The van der Waals surface area contributed by atoms with Gasteiger partial charge in [0.15, 0.2) is 0 Å². The highest BCUT2D eigenvalue weighted by Crippen LogP contribution is 2.46. The lowest BCUT2D eigenvalue weighted by Gasteiger charge is -2.35. The van der Waals surface area contributed by atoms with E-state index in [1.54, 1.807) is 0 Å². The SMILES string of the molecule is O=C(Cc1ccc2ccccc2c1)N1CCN(CCCCC2c3ccccc3-c3ccccc32)CC1. The average Bonchev–Trinajstić information content (AvgIpc) is 3.25. The topological polar surface area (TPSA) is 23.6 Å². The summed E-state index contributed by atoms with van der Waals surface area (Å²) in [6.45, 7) is 4.78. The minimum Gasteiger partial charge on any atom is -0.340 e. The van der Waals surface area contributed by atoms with E-state index < -0.39 is 0 Å². The van der Waals surface area contributed by atoms with Crippen molar-refractivity contribution in [1.29, 1.82) is 0 Å². The summed E-state index contributed by atoms with van der Waals surface area (Å²) in [5, 5.41) is 2.43. The average molecular weight is 475 g/mol. The number of fused-ring (bicyclic) bond motifs is 4. The largest absolute Gasteiger partial charge is 0.340 e. The molecular weight excluding hydrogens is 440 g/mol. The van der Waals surface area contributed by atoms with Crippen molar-refractivity contribution >= 4 is 16.7 Å². The van der Waals surface area contributed by atoms with Gasteiger partial charge in [-0.15, -0.1) is 0 Å². The van der Waals surface area contributed by atoms with Crippen molar-refractivity contribution in [1.82, 2.24) is 9.80 Å². The molecule has 0 saturated carbocycles. The summed E-state index contributed by atoms with van der Waals surface area (Å²) in [6, 6.07) is 32.6. The summed E-state index contributed by atoms with van der Waals surface area (Å²) in [4.78, 5) is 17.5. The third-order valence-electron chi connectivity index (χ3n) is 8.07. The van der Waals surface area contributed by atoms with Crippen LogP contribution in [-0.2, 0) is 11.2 Å². The van der Waals surface area contributed by atoms with Crippen LogP contribution in [0.25, 0.3) is 21.9 Å². The Labute approximate surface area is 214 Å². The van der Waals surface area contributed by atoms with Crippen molar-refractivity contribution in [3.63, 3.8) is 0 Å². The Morgan fingerprint density at radius 2 is 1.33 bits per heavy atom. The van der Waals surface area contributed by atoms with Crippen LogP contribution >= 0.6 is 0 Å². The Kier molecular flexibility index (Phi) is 6.57. The second kappa shape index (κ2) is 10.3. The fourth-order valence-electron chi connectivity index (χ4n) is 6.11. The summed E-state index contributed by atoms with van der Waals surface area (Å²) in [5.74, 6) is 0.783. The molecule has 0 radical (unpaired) electrons. The van der Waals surface area contributed by atoms with Crippen LogP contribution in [0.2, 0.25) is 0 Å². The van der Waals surface area contributed by atoms with E-state index in [1.807, 2.05) is 0 Å². The van der Waals surface area contributed by atoms with Gasteiger partial charge < -0.3 is 4.90 Å². The molecule has 1 saturated heterocycles. The van der Waals surface area contributed by atoms with E-state index in [4.69, 9.17) is 0 Å². The zero-order valence-corrected chi connectivity index (χ0v) is 20.9. The molecule has 0 atom stereocenters. The number of rotatable bonds is 7. The number of nitrogens with zero attached hydrogens (tertiary/aromatic N) is 2. The van der Waals surface area contributed by atoms with Crippen molar-refractivity contribution in [2.45, 2.75) is 31.6 Å². The highest BCUT2D eigenvalue weighted by atomic mass is 16.2. The minimum absolute atomic E-state index is 0.253. The smallest absolute Gasteiger partial charge is 0.227 e. The van der Waals surface area contributed by atoms with Crippen molar-refractivity contribution in [2.24, 2.45) is 0 Å². The van der Waals surface area contributed by atoms with Gasteiger partial charge in [0.05, 0.1) is 6.42 Å². The summed E-state index contributed by atoms with van der Waals surface area (Å²) in [7, 11) is 0. The summed E-state index contributed by atoms with van der Waals surface area (Å²) in [6.07, 6.45) is 4.15. The first-order valence-corrected chi connectivity index (χ1v) is 13.4. The Balaban J connectivity index is 0.966. The molecule has 4 aromatic carbocycles. The monoisotopic (exact) mass is 474 g/mol.